The Labute approximate surface area is 155 Å². The first-order valence-electron chi connectivity index (χ1n) is 9.21. The minimum absolute atomic E-state index is 0.0138. The van der Waals surface area contributed by atoms with Crippen LogP contribution in [0.25, 0.3) is 0 Å². The van der Waals surface area contributed by atoms with E-state index in [1.54, 1.807) is 4.90 Å². The number of ether oxygens (including phenoxy) is 2. The third kappa shape index (κ3) is 4.35. The van der Waals surface area contributed by atoms with Gasteiger partial charge in [-0.15, -0.1) is 0 Å². The molecule has 1 aromatic carbocycles. The first kappa shape index (κ1) is 18.7. The molecule has 1 saturated heterocycles. The molecule has 1 unspecified atom stereocenters. The number of nitriles is 1. The zero-order valence-electron chi connectivity index (χ0n) is 15.8. The second kappa shape index (κ2) is 7.65. The zero-order chi connectivity index (χ0) is 18.7. The lowest BCUT2D eigenvalue weighted by Gasteiger charge is -2.38. The van der Waals surface area contributed by atoms with Crippen molar-refractivity contribution in [3.05, 3.63) is 34.9 Å². The van der Waals surface area contributed by atoms with E-state index in [0.29, 0.717) is 19.7 Å². The number of amides is 1. The summed E-state index contributed by atoms with van der Waals surface area (Å²) in [6.07, 6.45) is 0.539. The van der Waals surface area contributed by atoms with Crippen LogP contribution in [-0.4, -0.2) is 60.8 Å². The molecule has 0 aromatic heterocycles. The van der Waals surface area contributed by atoms with Gasteiger partial charge in [-0.25, -0.2) is 4.79 Å². The highest BCUT2D eigenvalue weighted by atomic mass is 16.6. The average Bonchev–Trinajstić information content (AvgIpc) is 2.60. The van der Waals surface area contributed by atoms with Gasteiger partial charge in [-0.05, 0) is 44.4 Å². The van der Waals surface area contributed by atoms with Crippen molar-refractivity contribution in [1.29, 1.82) is 5.26 Å². The first-order chi connectivity index (χ1) is 12.4. The second-order valence-corrected chi connectivity index (χ2v) is 7.86. The Morgan fingerprint density at radius 2 is 2.04 bits per heavy atom. The van der Waals surface area contributed by atoms with Gasteiger partial charge in [-0.3, -0.25) is 4.90 Å². The van der Waals surface area contributed by atoms with Gasteiger partial charge in [0.1, 0.15) is 5.60 Å². The van der Waals surface area contributed by atoms with Crippen LogP contribution >= 0.6 is 0 Å². The van der Waals surface area contributed by atoms with Crippen molar-refractivity contribution in [2.45, 2.75) is 38.9 Å². The number of nitrogens with zero attached hydrogens (tertiary/aromatic N) is 3. The van der Waals surface area contributed by atoms with Crippen LogP contribution in [0.2, 0.25) is 0 Å². The van der Waals surface area contributed by atoms with Crippen LogP contribution < -0.4 is 0 Å². The van der Waals surface area contributed by atoms with Gasteiger partial charge in [0.2, 0.25) is 0 Å². The minimum atomic E-state index is -0.466. The second-order valence-electron chi connectivity index (χ2n) is 7.86. The normalized spacial score (nSPS) is 21.0. The van der Waals surface area contributed by atoms with E-state index in [1.807, 2.05) is 32.9 Å². The monoisotopic (exact) mass is 357 g/mol. The predicted molar refractivity (Wildman–Crippen MR) is 97.8 cm³/mol. The Morgan fingerprint density at radius 1 is 1.31 bits per heavy atom. The lowest BCUT2D eigenvalue weighted by molar-refractivity contribution is -0.00653. The predicted octanol–water partition coefficient (Wildman–Crippen LogP) is 2.72. The Kier molecular flexibility index (Phi) is 5.49. The van der Waals surface area contributed by atoms with Crippen LogP contribution in [0.15, 0.2) is 18.2 Å². The molecule has 0 spiro atoms. The molecule has 1 amide bonds. The summed E-state index contributed by atoms with van der Waals surface area (Å²) in [6, 6.07) is 8.16. The number of carbonyl (C=O) groups excluding carboxylic acids is 1. The van der Waals surface area contributed by atoms with E-state index in [2.05, 4.69) is 17.0 Å². The lowest BCUT2D eigenvalue weighted by Crippen LogP contribution is -2.51. The maximum atomic E-state index is 12.2. The van der Waals surface area contributed by atoms with Crippen molar-refractivity contribution in [3.8, 4) is 6.07 Å². The summed E-state index contributed by atoms with van der Waals surface area (Å²) in [5.41, 5.74) is 2.54. The molecule has 2 aliphatic rings. The van der Waals surface area contributed by atoms with E-state index in [-0.39, 0.29) is 12.2 Å². The van der Waals surface area contributed by atoms with Gasteiger partial charge >= 0.3 is 6.09 Å². The topological polar surface area (TPSA) is 65.8 Å². The van der Waals surface area contributed by atoms with Crippen molar-refractivity contribution in [1.82, 2.24) is 9.80 Å². The van der Waals surface area contributed by atoms with Gasteiger partial charge in [0.15, 0.2) is 0 Å². The molecule has 26 heavy (non-hydrogen) atoms. The van der Waals surface area contributed by atoms with E-state index in [1.165, 1.54) is 0 Å². The minimum Gasteiger partial charge on any atom is -0.444 e. The van der Waals surface area contributed by atoms with Crippen LogP contribution in [-0.2, 0) is 15.9 Å². The summed E-state index contributed by atoms with van der Waals surface area (Å²) in [7, 11) is 0. The average molecular weight is 357 g/mol. The Balaban J connectivity index is 1.58. The van der Waals surface area contributed by atoms with Gasteiger partial charge in [-0.2, -0.15) is 5.26 Å². The molecule has 6 nitrogen and oxygen atoms in total. The maximum Gasteiger partial charge on any atom is 0.410 e. The number of rotatable bonds is 2. The van der Waals surface area contributed by atoms with Gasteiger partial charge in [0.05, 0.1) is 24.3 Å². The highest BCUT2D eigenvalue weighted by Gasteiger charge is 2.29. The van der Waals surface area contributed by atoms with Crippen molar-refractivity contribution in [2.24, 2.45) is 0 Å². The van der Waals surface area contributed by atoms with Crippen molar-refractivity contribution < 1.29 is 14.3 Å². The van der Waals surface area contributed by atoms with Gasteiger partial charge in [0, 0.05) is 32.7 Å². The molecule has 0 N–H and O–H groups in total. The highest BCUT2D eigenvalue weighted by Crippen LogP contribution is 2.30. The Bertz CT molecular complexity index is 697. The SMILES string of the molecule is CC(C)(C)OC(=O)N1CCN(CC2OCCc3c(C#N)cccc32)CC1. The third-order valence-corrected chi connectivity index (χ3v) is 4.80. The number of carbonyl (C=O) groups is 1. The van der Waals surface area contributed by atoms with Gasteiger partial charge in [-0.1, -0.05) is 12.1 Å². The standard InChI is InChI=1S/C20H27N3O3/c1-20(2,3)26-19(24)23-10-8-22(9-11-23)14-18-17-6-4-5-15(13-21)16(17)7-12-25-18/h4-6,18H,7-12,14H2,1-3H3. The lowest BCUT2D eigenvalue weighted by atomic mass is 9.93. The van der Waals surface area contributed by atoms with E-state index in [4.69, 9.17) is 9.47 Å². The van der Waals surface area contributed by atoms with Crippen LogP contribution in [0, 0.1) is 11.3 Å². The molecule has 1 atom stereocenters. The fourth-order valence-electron chi connectivity index (χ4n) is 3.51. The number of piperazine rings is 1. The number of benzene rings is 1. The molecular weight excluding hydrogens is 330 g/mol. The van der Waals surface area contributed by atoms with Crippen LogP contribution in [0.4, 0.5) is 4.79 Å². The van der Waals surface area contributed by atoms with Crippen molar-refractivity contribution in [2.75, 3.05) is 39.3 Å². The summed E-state index contributed by atoms with van der Waals surface area (Å²) < 4.78 is 11.4. The first-order valence-corrected chi connectivity index (χ1v) is 9.21. The maximum absolute atomic E-state index is 12.2. The summed E-state index contributed by atoms with van der Waals surface area (Å²) >= 11 is 0. The zero-order valence-corrected chi connectivity index (χ0v) is 15.8. The van der Waals surface area contributed by atoms with E-state index < -0.39 is 5.60 Å². The summed E-state index contributed by atoms with van der Waals surface area (Å²) in [5, 5.41) is 9.31. The molecule has 2 aliphatic heterocycles. The molecule has 6 heteroatoms. The van der Waals surface area contributed by atoms with E-state index in [9.17, 15) is 10.1 Å². The molecule has 0 saturated carbocycles. The summed E-state index contributed by atoms with van der Waals surface area (Å²) in [4.78, 5) is 16.3. The van der Waals surface area contributed by atoms with Gasteiger partial charge in [0.25, 0.3) is 0 Å². The number of hydrogen-bond acceptors (Lipinski definition) is 5. The molecule has 3 rings (SSSR count). The van der Waals surface area contributed by atoms with Crippen molar-refractivity contribution in [3.63, 3.8) is 0 Å². The third-order valence-electron chi connectivity index (χ3n) is 4.80. The van der Waals surface area contributed by atoms with Crippen LogP contribution in [0.5, 0.6) is 0 Å². The summed E-state index contributed by atoms with van der Waals surface area (Å²) in [5.74, 6) is 0. The van der Waals surface area contributed by atoms with E-state index in [0.717, 1.165) is 42.7 Å². The van der Waals surface area contributed by atoms with E-state index >= 15 is 0 Å². The number of fused-ring (bicyclic) bond motifs is 1. The van der Waals surface area contributed by atoms with Crippen molar-refractivity contribution >= 4 is 6.09 Å². The molecule has 1 aromatic rings. The fraction of sp³-hybridized carbons (Fsp3) is 0.600. The molecular formula is C20H27N3O3. The van der Waals surface area contributed by atoms with Crippen LogP contribution in [0.1, 0.15) is 43.6 Å². The largest absolute Gasteiger partial charge is 0.444 e. The smallest absolute Gasteiger partial charge is 0.410 e. The Hall–Kier alpha value is -2.10. The molecule has 140 valence electrons. The molecule has 1 fully saturated rings. The number of hydrogen-bond donors (Lipinski definition) is 0. The molecule has 0 aliphatic carbocycles. The van der Waals surface area contributed by atoms with Crippen LogP contribution in [0.3, 0.4) is 0 Å². The molecule has 2 heterocycles. The molecule has 0 bridgehead atoms. The van der Waals surface area contributed by atoms with Gasteiger partial charge < -0.3 is 14.4 Å². The Morgan fingerprint density at radius 3 is 2.69 bits per heavy atom. The molecule has 0 radical (unpaired) electrons. The fourth-order valence-corrected chi connectivity index (χ4v) is 3.51. The quantitative estimate of drug-likeness (QED) is 0.814. The highest BCUT2D eigenvalue weighted by molar-refractivity contribution is 5.68. The summed E-state index contributed by atoms with van der Waals surface area (Å²) in [6.45, 7) is 9.99.